The van der Waals surface area contributed by atoms with Crippen molar-refractivity contribution in [1.29, 1.82) is 0 Å². The largest absolute Gasteiger partial charge is 0.488 e. The maximum atomic E-state index is 12.9. The molecule has 1 aliphatic rings. The van der Waals surface area contributed by atoms with E-state index in [1.807, 2.05) is 12.1 Å². The molecule has 0 radical (unpaired) electrons. The van der Waals surface area contributed by atoms with Crippen LogP contribution in [-0.4, -0.2) is 24.7 Å². The molecule has 0 amide bonds. The standard InChI is InChI=1S/C17H19FN2O2/c18-14-5-7-15(8-6-14)22-17-16(4-2-10-20-17)21-12-13-3-1-9-19-11-13/h2,4-8,10,13,19H,1,3,9,11-12H2/t13-/m0/s1. The first-order valence-electron chi connectivity index (χ1n) is 7.53. The Morgan fingerprint density at radius 3 is 2.86 bits per heavy atom. The molecule has 1 aliphatic heterocycles. The van der Waals surface area contributed by atoms with Crippen LogP contribution in [-0.2, 0) is 0 Å². The van der Waals surface area contributed by atoms with Gasteiger partial charge in [0.2, 0.25) is 0 Å². The summed E-state index contributed by atoms with van der Waals surface area (Å²) in [6.07, 6.45) is 4.00. The highest BCUT2D eigenvalue weighted by molar-refractivity contribution is 5.37. The topological polar surface area (TPSA) is 43.4 Å². The maximum Gasteiger partial charge on any atom is 0.262 e. The third kappa shape index (κ3) is 3.95. The van der Waals surface area contributed by atoms with Crippen LogP contribution >= 0.6 is 0 Å². The van der Waals surface area contributed by atoms with Gasteiger partial charge in [-0.1, -0.05) is 0 Å². The Labute approximate surface area is 129 Å². The summed E-state index contributed by atoms with van der Waals surface area (Å²) in [5.74, 6) is 1.75. The molecule has 1 saturated heterocycles. The number of rotatable bonds is 5. The fourth-order valence-electron chi connectivity index (χ4n) is 2.45. The molecule has 4 nitrogen and oxygen atoms in total. The Morgan fingerprint density at radius 1 is 1.23 bits per heavy atom. The average molecular weight is 302 g/mol. The van der Waals surface area contributed by atoms with Gasteiger partial charge in [0, 0.05) is 18.7 Å². The molecule has 1 aromatic carbocycles. The van der Waals surface area contributed by atoms with Gasteiger partial charge in [-0.05, 0) is 55.8 Å². The second-order valence-corrected chi connectivity index (χ2v) is 5.39. The molecule has 2 heterocycles. The van der Waals surface area contributed by atoms with Crippen molar-refractivity contribution >= 4 is 0 Å². The molecule has 116 valence electrons. The fourth-order valence-corrected chi connectivity index (χ4v) is 2.45. The van der Waals surface area contributed by atoms with Crippen LogP contribution in [0.5, 0.6) is 17.4 Å². The van der Waals surface area contributed by atoms with E-state index in [4.69, 9.17) is 9.47 Å². The summed E-state index contributed by atoms with van der Waals surface area (Å²) >= 11 is 0. The van der Waals surface area contributed by atoms with Gasteiger partial charge >= 0.3 is 0 Å². The van der Waals surface area contributed by atoms with Crippen molar-refractivity contribution in [1.82, 2.24) is 10.3 Å². The quantitative estimate of drug-likeness (QED) is 0.919. The lowest BCUT2D eigenvalue weighted by molar-refractivity contribution is 0.212. The van der Waals surface area contributed by atoms with Crippen molar-refractivity contribution in [2.45, 2.75) is 12.8 Å². The van der Waals surface area contributed by atoms with Crippen LogP contribution < -0.4 is 14.8 Å². The number of nitrogens with one attached hydrogen (secondary N) is 1. The highest BCUT2D eigenvalue weighted by Gasteiger charge is 2.15. The van der Waals surface area contributed by atoms with E-state index in [2.05, 4.69) is 10.3 Å². The van der Waals surface area contributed by atoms with Crippen molar-refractivity contribution in [3.05, 3.63) is 48.4 Å². The van der Waals surface area contributed by atoms with E-state index in [9.17, 15) is 4.39 Å². The van der Waals surface area contributed by atoms with Gasteiger partial charge in [-0.3, -0.25) is 0 Å². The molecule has 1 atom stereocenters. The molecule has 2 aromatic rings. The molecule has 0 bridgehead atoms. The molecule has 5 heteroatoms. The molecule has 0 spiro atoms. The summed E-state index contributed by atoms with van der Waals surface area (Å²) in [6, 6.07) is 9.49. The average Bonchev–Trinajstić information content (AvgIpc) is 2.57. The summed E-state index contributed by atoms with van der Waals surface area (Å²) in [5, 5.41) is 3.37. The molecule has 0 unspecified atom stereocenters. The van der Waals surface area contributed by atoms with Crippen molar-refractivity contribution in [2.24, 2.45) is 5.92 Å². The minimum atomic E-state index is -0.297. The van der Waals surface area contributed by atoms with Crippen LogP contribution in [0, 0.1) is 11.7 Å². The number of benzene rings is 1. The number of aromatic nitrogens is 1. The summed E-state index contributed by atoms with van der Waals surface area (Å²) in [4.78, 5) is 4.20. The zero-order chi connectivity index (χ0) is 15.2. The molecular weight excluding hydrogens is 283 g/mol. The summed E-state index contributed by atoms with van der Waals surface area (Å²) in [7, 11) is 0. The Hall–Kier alpha value is -2.14. The van der Waals surface area contributed by atoms with Crippen LogP contribution in [0.2, 0.25) is 0 Å². The summed E-state index contributed by atoms with van der Waals surface area (Å²) in [5.41, 5.74) is 0. The van der Waals surface area contributed by atoms with Gasteiger partial charge in [0.15, 0.2) is 5.75 Å². The van der Waals surface area contributed by atoms with E-state index < -0.39 is 0 Å². The predicted octanol–water partition coefficient (Wildman–Crippen LogP) is 3.39. The van der Waals surface area contributed by atoms with E-state index in [1.165, 1.54) is 25.0 Å². The first kappa shape index (κ1) is 14.8. The van der Waals surface area contributed by atoms with Crippen LogP contribution in [0.3, 0.4) is 0 Å². The summed E-state index contributed by atoms with van der Waals surface area (Å²) < 4.78 is 24.5. The van der Waals surface area contributed by atoms with E-state index >= 15 is 0 Å². The van der Waals surface area contributed by atoms with Gasteiger partial charge in [-0.25, -0.2) is 9.37 Å². The number of piperidine rings is 1. The van der Waals surface area contributed by atoms with Crippen molar-refractivity contribution < 1.29 is 13.9 Å². The number of hydrogen-bond acceptors (Lipinski definition) is 4. The molecule has 1 N–H and O–H groups in total. The number of pyridine rings is 1. The molecule has 3 rings (SSSR count). The third-order valence-corrected chi connectivity index (χ3v) is 3.64. The summed E-state index contributed by atoms with van der Waals surface area (Å²) in [6.45, 7) is 2.70. The minimum absolute atomic E-state index is 0.297. The van der Waals surface area contributed by atoms with Crippen molar-refractivity contribution in [3.63, 3.8) is 0 Å². The van der Waals surface area contributed by atoms with Gasteiger partial charge in [0.25, 0.3) is 5.88 Å². The fraction of sp³-hybridized carbons (Fsp3) is 0.353. The van der Waals surface area contributed by atoms with Crippen LogP contribution in [0.15, 0.2) is 42.6 Å². The first-order valence-corrected chi connectivity index (χ1v) is 7.53. The lowest BCUT2D eigenvalue weighted by atomic mass is 10.0. The number of nitrogens with zero attached hydrogens (tertiary/aromatic N) is 1. The maximum absolute atomic E-state index is 12.9. The molecule has 22 heavy (non-hydrogen) atoms. The lowest BCUT2D eigenvalue weighted by Gasteiger charge is -2.23. The second kappa shape index (κ2) is 7.22. The van der Waals surface area contributed by atoms with E-state index in [1.54, 1.807) is 18.3 Å². The van der Waals surface area contributed by atoms with E-state index in [0.717, 1.165) is 13.1 Å². The van der Waals surface area contributed by atoms with Crippen LogP contribution in [0.1, 0.15) is 12.8 Å². The minimum Gasteiger partial charge on any atom is -0.488 e. The highest BCUT2D eigenvalue weighted by atomic mass is 19.1. The van der Waals surface area contributed by atoms with Crippen molar-refractivity contribution in [2.75, 3.05) is 19.7 Å². The Morgan fingerprint density at radius 2 is 2.09 bits per heavy atom. The number of halogens is 1. The van der Waals surface area contributed by atoms with E-state index in [0.29, 0.717) is 29.9 Å². The van der Waals surface area contributed by atoms with Gasteiger partial charge in [0.1, 0.15) is 11.6 Å². The van der Waals surface area contributed by atoms with Gasteiger partial charge < -0.3 is 14.8 Å². The molecule has 1 fully saturated rings. The molecule has 0 saturated carbocycles. The van der Waals surface area contributed by atoms with Crippen LogP contribution in [0.25, 0.3) is 0 Å². The monoisotopic (exact) mass is 302 g/mol. The molecule has 0 aliphatic carbocycles. The van der Waals surface area contributed by atoms with Gasteiger partial charge in [-0.2, -0.15) is 0 Å². The second-order valence-electron chi connectivity index (χ2n) is 5.39. The number of hydrogen-bond donors (Lipinski definition) is 1. The van der Waals surface area contributed by atoms with Crippen molar-refractivity contribution in [3.8, 4) is 17.4 Å². The lowest BCUT2D eigenvalue weighted by Crippen LogP contribution is -2.33. The van der Waals surface area contributed by atoms with Gasteiger partial charge in [0.05, 0.1) is 6.61 Å². The predicted molar refractivity (Wildman–Crippen MR) is 81.8 cm³/mol. The Balaban J connectivity index is 1.65. The molecular formula is C17H19FN2O2. The van der Waals surface area contributed by atoms with Crippen LogP contribution in [0.4, 0.5) is 4.39 Å². The van der Waals surface area contributed by atoms with E-state index in [-0.39, 0.29) is 5.82 Å². The SMILES string of the molecule is Fc1ccc(Oc2ncccc2OC[C@H]2CCCNC2)cc1. The zero-order valence-electron chi connectivity index (χ0n) is 12.3. The smallest absolute Gasteiger partial charge is 0.262 e. The highest BCUT2D eigenvalue weighted by Crippen LogP contribution is 2.29. The van der Waals surface area contributed by atoms with Gasteiger partial charge in [-0.15, -0.1) is 0 Å². The molecule has 1 aromatic heterocycles. The first-order chi connectivity index (χ1) is 10.8. The zero-order valence-corrected chi connectivity index (χ0v) is 12.3. The Bertz CT molecular complexity index is 598. The number of ether oxygens (including phenoxy) is 2. The third-order valence-electron chi connectivity index (χ3n) is 3.64. The normalized spacial score (nSPS) is 18.0. The Kier molecular flexibility index (Phi) is 4.85.